The maximum Gasteiger partial charge on any atom is 1.00 e. The van der Waals surface area contributed by atoms with E-state index in [2.05, 4.69) is 0 Å². The molecule has 0 aromatic rings. The summed E-state index contributed by atoms with van der Waals surface area (Å²) in [7, 11) is -9.29. The van der Waals surface area contributed by atoms with Gasteiger partial charge < -0.3 is 22.4 Å². The Balaban J connectivity index is -0.000000241. The Morgan fingerprint density at radius 2 is 0.950 bits per heavy atom. The molecule has 0 saturated heterocycles. The molecular formula is C8H18Na2O8P2. The molecule has 0 aliphatic rings. The van der Waals surface area contributed by atoms with E-state index in [0.717, 1.165) is 0 Å². The molecule has 20 heavy (non-hydrogen) atoms. The molecule has 0 saturated carbocycles. The summed E-state index contributed by atoms with van der Waals surface area (Å²) in [6.45, 7) is 0. The van der Waals surface area contributed by atoms with E-state index in [1.807, 2.05) is 0 Å². The minimum absolute atomic E-state index is 0. The monoisotopic (exact) mass is 350 g/mol. The largest absolute Gasteiger partial charge is 1.00 e. The van der Waals surface area contributed by atoms with Crippen LogP contribution in [0.2, 0.25) is 0 Å². The van der Waals surface area contributed by atoms with Crippen LogP contribution in [0.5, 0.6) is 0 Å². The topological polar surface area (TPSA) is 149 Å². The predicted octanol–water partition coefficient (Wildman–Crippen LogP) is -5.03. The van der Waals surface area contributed by atoms with Gasteiger partial charge in [0.05, 0.1) is 0 Å². The first-order chi connectivity index (χ1) is 8.05. The Hall–Kier alpha value is 1.64. The van der Waals surface area contributed by atoms with Crippen LogP contribution in [0.25, 0.3) is 0 Å². The van der Waals surface area contributed by atoms with Crippen LogP contribution in [0, 0.1) is 0 Å². The van der Waals surface area contributed by atoms with Gasteiger partial charge in [-0.15, -0.1) is 0 Å². The van der Waals surface area contributed by atoms with Crippen molar-refractivity contribution >= 4 is 26.2 Å². The fraction of sp³-hybridized carbons (Fsp3) is 0.750. The number of unbranched alkanes of at least 4 members (excludes halogenated alkanes) is 3. The van der Waals surface area contributed by atoms with Gasteiger partial charge in [0.1, 0.15) is 0 Å². The summed E-state index contributed by atoms with van der Waals surface area (Å²) in [6, 6.07) is 0. The molecule has 4 N–H and O–H groups in total. The first kappa shape index (κ1) is 26.5. The second-order valence-corrected chi connectivity index (χ2v) is 6.96. The third kappa shape index (κ3) is 13.3. The van der Waals surface area contributed by atoms with Crippen molar-refractivity contribution in [1.29, 1.82) is 0 Å². The van der Waals surface area contributed by atoms with Crippen LogP contribution in [0.15, 0.2) is 0 Å². The zero-order valence-corrected chi connectivity index (χ0v) is 17.3. The summed E-state index contributed by atoms with van der Waals surface area (Å²) >= 11 is 0. The maximum absolute atomic E-state index is 10.8. The average molecular weight is 350 g/mol. The zero-order chi connectivity index (χ0) is 14.4. The molecule has 12 heteroatoms. The first-order valence-electron chi connectivity index (χ1n) is 5.23. The molecule has 0 spiro atoms. The molecule has 0 fully saturated rings. The van der Waals surface area contributed by atoms with Crippen LogP contribution in [-0.4, -0.2) is 30.6 Å². The molecular weight excluding hydrogens is 332 g/mol. The van der Waals surface area contributed by atoms with Crippen LogP contribution < -0.4 is 59.1 Å². The molecule has 0 unspecified atom stereocenters. The Labute approximate surface area is 164 Å². The maximum atomic E-state index is 10.8. The Morgan fingerprint density at radius 1 is 0.700 bits per heavy atom. The molecule has 8 nitrogen and oxygen atoms in total. The van der Waals surface area contributed by atoms with E-state index in [4.69, 9.17) is 19.6 Å². The SMILES string of the molecule is O=C(CCCCCCC(=O)P(=O)(O)O)P(=O)(O)O.[H-].[H-].[Na+].[Na+]. The van der Waals surface area contributed by atoms with Crippen LogP contribution in [0.4, 0.5) is 0 Å². The van der Waals surface area contributed by atoms with Crippen molar-refractivity contribution in [2.45, 2.75) is 38.5 Å². The molecule has 0 rings (SSSR count). The molecule has 0 aliphatic carbocycles. The van der Waals surface area contributed by atoms with Crippen LogP contribution >= 0.6 is 15.2 Å². The van der Waals surface area contributed by atoms with Gasteiger partial charge in [0.2, 0.25) is 11.0 Å². The molecule has 0 bridgehead atoms. The van der Waals surface area contributed by atoms with Crippen molar-refractivity contribution in [3.8, 4) is 0 Å². The fourth-order valence-corrected chi connectivity index (χ4v) is 2.10. The van der Waals surface area contributed by atoms with Gasteiger partial charge in [-0.2, -0.15) is 0 Å². The molecule has 0 aromatic carbocycles. The Kier molecular flexibility index (Phi) is 16.1. The van der Waals surface area contributed by atoms with Gasteiger partial charge in [-0.1, -0.05) is 12.8 Å². The molecule has 0 atom stereocenters. The number of carbonyl (C=O) groups excluding carboxylic acids is 2. The second kappa shape index (κ2) is 12.1. The van der Waals surface area contributed by atoms with E-state index in [0.29, 0.717) is 12.8 Å². The zero-order valence-electron chi connectivity index (χ0n) is 13.6. The van der Waals surface area contributed by atoms with Gasteiger partial charge >= 0.3 is 74.3 Å². The van der Waals surface area contributed by atoms with Crippen LogP contribution in [-0.2, 0) is 18.7 Å². The number of hydrogen-bond acceptors (Lipinski definition) is 4. The van der Waals surface area contributed by atoms with E-state index in [1.165, 1.54) is 0 Å². The van der Waals surface area contributed by atoms with E-state index >= 15 is 0 Å². The van der Waals surface area contributed by atoms with E-state index < -0.39 is 26.2 Å². The quantitative estimate of drug-likeness (QED) is 0.183. The summed E-state index contributed by atoms with van der Waals surface area (Å²) in [5, 5.41) is 0. The van der Waals surface area contributed by atoms with Gasteiger partial charge in [0, 0.05) is 12.8 Å². The molecule has 0 heterocycles. The van der Waals surface area contributed by atoms with Gasteiger partial charge in [-0.25, -0.2) is 0 Å². The van der Waals surface area contributed by atoms with Crippen molar-refractivity contribution in [2.75, 3.05) is 0 Å². The van der Waals surface area contributed by atoms with Crippen LogP contribution in [0.3, 0.4) is 0 Å². The summed E-state index contributed by atoms with van der Waals surface area (Å²) in [6.07, 6.45) is 0.982. The smallest absolute Gasteiger partial charge is 1.00 e. The minimum atomic E-state index is -4.65. The van der Waals surface area contributed by atoms with Crippen molar-refractivity contribution in [3.05, 3.63) is 0 Å². The summed E-state index contributed by atoms with van der Waals surface area (Å²) in [5.74, 6) is 0. The van der Waals surface area contributed by atoms with Gasteiger partial charge in [0.25, 0.3) is 0 Å². The van der Waals surface area contributed by atoms with Crippen molar-refractivity contribution in [1.82, 2.24) is 0 Å². The van der Waals surface area contributed by atoms with E-state index in [-0.39, 0.29) is 87.7 Å². The molecule has 0 aliphatic heterocycles. The Bertz CT molecular complexity index is 373. The Morgan fingerprint density at radius 3 is 1.15 bits per heavy atom. The van der Waals surface area contributed by atoms with Gasteiger partial charge in [-0.05, 0) is 12.8 Å². The van der Waals surface area contributed by atoms with Crippen molar-refractivity contribution < 1.29 is 100 Å². The van der Waals surface area contributed by atoms with Crippen molar-refractivity contribution in [2.24, 2.45) is 0 Å². The number of carbonyl (C=O) groups is 2. The third-order valence-corrected chi connectivity index (χ3v) is 3.93. The fourth-order valence-electron chi connectivity index (χ4n) is 1.20. The first-order valence-corrected chi connectivity index (χ1v) is 8.45. The molecule has 110 valence electrons. The van der Waals surface area contributed by atoms with Crippen molar-refractivity contribution in [3.63, 3.8) is 0 Å². The number of hydrogen-bond donors (Lipinski definition) is 4. The number of rotatable bonds is 9. The normalized spacial score (nSPS) is 11.2. The molecule has 0 aromatic heterocycles. The third-order valence-electron chi connectivity index (χ3n) is 2.18. The summed E-state index contributed by atoms with van der Waals surface area (Å²) < 4.78 is 20.9. The predicted molar refractivity (Wildman–Crippen MR) is 64.0 cm³/mol. The second-order valence-electron chi connectivity index (χ2n) is 3.79. The van der Waals surface area contributed by atoms with Crippen LogP contribution in [0.1, 0.15) is 41.4 Å². The van der Waals surface area contributed by atoms with E-state index in [1.54, 1.807) is 0 Å². The standard InChI is InChI=1S/C8H16O8P2.2Na.2H/c9-7(17(11,12)13)5-3-1-2-4-6-8(10)18(14,15)16;;;;/h1-6H2,(H2,11,12,13)(H2,14,15,16);;;;/q;2*+1;2*-1. The van der Waals surface area contributed by atoms with E-state index in [9.17, 15) is 18.7 Å². The molecule has 0 amide bonds. The van der Waals surface area contributed by atoms with Gasteiger partial charge in [-0.3, -0.25) is 18.7 Å². The summed E-state index contributed by atoms with van der Waals surface area (Å²) in [4.78, 5) is 55.6. The average Bonchev–Trinajstić information content (AvgIpc) is 2.19. The van der Waals surface area contributed by atoms with Gasteiger partial charge in [0.15, 0.2) is 0 Å². The summed E-state index contributed by atoms with van der Waals surface area (Å²) in [5.41, 5.74) is -2.23. The molecule has 0 radical (unpaired) electrons. The minimum Gasteiger partial charge on any atom is -1.00 e.